The summed E-state index contributed by atoms with van der Waals surface area (Å²) in [5.41, 5.74) is 0. The second-order valence-electron chi connectivity index (χ2n) is 5.74. The zero-order chi connectivity index (χ0) is 20.4. The first-order chi connectivity index (χ1) is 13.5. The van der Waals surface area contributed by atoms with E-state index >= 15 is 0 Å². The summed E-state index contributed by atoms with van der Waals surface area (Å²) in [6.45, 7) is 0.00497. The van der Waals surface area contributed by atoms with Gasteiger partial charge in [0.1, 0.15) is 23.9 Å². The van der Waals surface area contributed by atoms with Crippen molar-refractivity contribution in [1.82, 2.24) is 4.90 Å². The van der Waals surface area contributed by atoms with Crippen molar-refractivity contribution in [3.8, 4) is 17.2 Å². The lowest BCUT2D eigenvalue weighted by Gasteiger charge is -2.17. The topological polar surface area (TPSA) is 74.3 Å². The van der Waals surface area contributed by atoms with Crippen LogP contribution in [-0.2, 0) is 14.3 Å². The number of likely N-dealkylation sites (N-methyl/N-ethyl adjacent to an activating group) is 1. The maximum atomic E-state index is 12.0. The van der Waals surface area contributed by atoms with Crippen LogP contribution in [0.3, 0.4) is 0 Å². The molecule has 0 spiro atoms. The summed E-state index contributed by atoms with van der Waals surface area (Å²) in [4.78, 5) is 25.1. The first kappa shape index (κ1) is 21.4. The minimum Gasteiger partial charge on any atom is -0.497 e. The molecular formula is C20H22ClNO6. The number of carbonyl (C=O) groups excluding carboxylic acids is 2. The van der Waals surface area contributed by atoms with Gasteiger partial charge in [0.15, 0.2) is 13.2 Å². The molecule has 150 valence electrons. The maximum absolute atomic E-state index is 12.0. The van der Waals surface area contributed by atoms with Gasteiger partial charge >= 0.3 is 5.97 Å². The van der Waals surface area contributed by atoms with Gasteiger partial charge in [0.25, 0.3) is 5.91 Å². The molecule has 0 fully saturated rings. The number of benzene rings is 2. The van der Waals surface area contributed by atoms with E-state index < -0.39 is 5.97 Å². The van der Waals surface area contributed by atoms with Gasteiger partial charge in [-0.2, -0.15) is 0 Å². The van der Waals surface area contributed by atoms with Gasteiger partial charge in [-0.05, 0) is 48.5 Å². The predicted molar refractivity (Wildman–Crippen MR) is 104 cm³/mol. The van der Waals surface area contributed by atoms with E-state index in [1.165, 1.54) is 4.90 Å². The summed E-state index contributed by atoms with van der Waals surface area (Å²) in [5, 5.41) is 0.623. The van der Waals surface area contributed by atoms with Crippen molar-refractivity contribution in [2.45, 2.75) is 0 Å². The zero-order valence-corrected chi connectivity index (χ0v) is 16.5. The van der Waals surface area contributed by atoms with E-state index in [9.17, 15) is 9.59 Å². The van der Waals surface area contributed by atoms with Crippen LogP contribution in [-0.4, -0.2) is 57.3 Å². The quantitative estimate of drug-likeness (QED) is 0.564. The number of hydrogen-bond donors (Lipinski definition) is 0. The molecule has 0 atom stereocenters. The molecule has 0 bridgehead atoms. The van der Waals surface area contributed by atoms with Crippen molar-refractivity contribution in [1.29, 1.82) is 0 Å². The van der Waals surface area contributed by atoms with E-state index in [0.717, 1.165) is 0 Å². The number of nitrogens with zero attached hydrogens (tertiary/aromatic N) is 1. The largest absolute Gasteiger partial charge is 0.497 e. The van der Waals surface area contributed by atoms with Gasteiger partial charge in [-0.1, -0.05) is 11.6 Å². The molecule has 0 N–H and O–H groups in total. The van der Waals surface area contributed by atoms with Gasteiger partial charge in [0.05, 0.1) is 13.7 Å². The summed E-state index contributed by atoms with van der Waals surface area (Å²) in [6.07, 6.45) is 0. The molecule has 0 radical (unpaired) electrons. The molecule has 0 aliphatic heterocycles. The van der Waals surface area contributed by atoms with Crippen LogP contribution in [0.4, 0.5) is 0 Å². The van der Waals surface area contributed by atoms with Crippen molar-refractivity contribution in [2.75, 3.05) is 40.5 Å². The third kappa shape index (κ3) is 7.36. The molecule has 0 saturated heterocycles. The number of rotatable bonds is 10. The SMILES string of the molecule is COc1ccc(OCC(=O)OCC(=O)N(C)CCOc2ccc(Cl)cc2)cc1. The van der Waals surface area contributed by atoms with E-state index in [2.05, 4.69) is 0 Å². The van der Waals surface area contributed by atoms with Gasteiger partial charge in [0, 0.05) is 12.1 Å². The minimum atomic E-state index is -0.630. The molecule has 2 aromatic rings. The van der Waals surface area contributed by atoms with Crippen molar-refractivity contribution < 1.29 is 28.5 Å². The predicted octanol–water partition coefficient (Wildman–Crippen LogP) is 2.81. The van der Waals surface area contributed by atoms with Crippen molar-refractivity contribution >= 4 is 23.5 Å². The molecule has 0 heterocycles. The Bertz CT molecular complexity index is 763. The fourth-order valence-corrected chi connectivity index (χ4v) is 2.19. The summed E-state index contributed by atoms with van der Waals surface area (Å²) in [5.74, 6) is 0.879. The summed E-state index contributed by atoms with van der Waals surface area (Å²) in [7, 11) is 3.17. The normalized spacial score (nSPS) is 10.1. The monoisotopic (exact) mass is 407 g/mol. The Labute approximate surface area is 168 Å². The second-order valence-corrected chi connectivity index (χ2v) is 6.18. The highest BCUT2D eigenvalue weighted by Gasteiger charge is 2.13. The van der Waals surface area contributed by atoms with Crippen LogP contribution < -0.4 is 14.2 Å². The highest BCUT2D eigenvalue weighted by molar-refractivity contribution is 6.30. The van der Waals surface area contributed by atoms with E-state index in [-0.39, 0.29) is 19.1 Å². The molecule has 7 nitrogen and oxygen atoms in total. The number of carbonyl (C=O) groups is 2. The van der Waals surface area contributed by atoms with Crippen LogP contribution >= 0.6 is 11.6 Å². The van der Waals surface area contributed by atoms with Crippen LogP contribution in [0.25, 0.3) is 0 Å². The Morgan fingerprint density at radius 2 is 1.46 bits per heavy atom. The number of ether oxygens (including phenoxy) is 4. The van der Waals surface area contributed by atoms with E-state index in [1.54, 1.807) is 62.7 Å². The van der Waals surface area contributed by atoms with Crippen LogP contribution in [0, 0.1) is 0 Å². The fourth-order valence-electron chi connectivity index (χ4n) is 2.06. The van der Waals surface area contributed by atoms with E-state index in [4.69, 9.17) is 30.5 Å². The smallest absolute Gasteiger partial charge is 0.344 e. The van der Waals surface area contributed by atoms with Crippen LogP contribution in [0.15, 0.2) is 48.5 Å². The second kappa shape index (κ2) is 11.0. The third-order valence-corrected chi connectivity index (χ3v) is 3.96. The molecule has 0 aliphatic rings. The van der Waals surface area contributed by atoms with Crippen LogP contribution in [0.5, 0.6) is 17.2 Å². The molecule has 2 rings (SSSR count). The Morgan fingerprint density at radius 1 is 0.893 bits per heavy atom. The van der Waals surface area contributed by atoms with Crippen molar-refractivity contribution in [3.05, 3.63) is 53.6 Å². The van der Waals surface area contributed by atoms with E-state index in [0.29, 0.717) is 35.4 Å². The standard InChI is InChI=1S/C20H22ClNO6/c1-22(11-12-26-17-5-3-15(21)4-6-17)19(23)13-28-20(24)14-27-18-9-7-16(25-2)8-10-18/h3-10H,11-14H2,1-2H3. The Morgan fingerprint density at radius 3 is 2.11 bits per heavy atom. The van der Waals surface area contributed by atoms with E-state index in [1.807, 2.05) is 0 Å². The molecule has 8 heteroatoms. The lowest BCUT2D eigenvalue weighted by molar-refractivity contribution is -0.153. The Kier molecular flexibility index (Phi) is 8.42. The van der Waals surface area contributed by atoms with Gasteiger partial charge in [0.2, 0.25) is 0 Å². The molecule has 0 unspecified atom stereocenters. The lowest BCUT2D eigenvalue weighted by atomic mass is 10.3. The Balaban J connectivity index is 1.62. The number of amides is 1. The third-order valence-electron chi connectivity index (χ3n) is 3.71. The Hall–Kier alpha value is -2.93. The molecule has 1 amide bonds. The molecule has 2 aromatic carbocycles. The van der Waals surface area contributed by atoms with Gasteiger partial charge in [-0.25, -0.2) is 4.79 Å². The molecule has 28 heavy (non-hydrogen) atoms. The first-order valence-corrected chi connectivity index (χ1v) is 8.90. The van der Waals surface area contributed by atoms with Crippen molar-refractivity contribution in [3.63, 3.8) is 0 Å². The number of hydrogen-bond acceptors (Lipinski definition) is 6. The highest BCUT2D eigenvalue weighted by atomic mass is 35.5. The van der Waals surface area contributed by atoms with Crippen LogP contribution in [0.1, 0.15) is 0 Å². The molecule has 0 aromatic heterocycles. The zero-order valence-electron chi connectivity index (χ0n) is 15.7. The average Bonchev–Trinajstić information content (AvgIpc) is 2.72. The molecule has 0 aliphatic carbocycles. The number of esters is 1. The summed E-state index contributed by atoms with van der Waals surface area (Å²) < 4.78 is 20.8. The highest BCUT2D eigenvalue weighted by Crippen LogP contribution is 2.17. The van der Waals surface area contributed by atoms with Crippen molar-refractivity contribution in [2.24, 2.45) is 0 Å². The van der Waals surface area contributed by atoms with Gasteiger partial charge in [-0.3, -0.25) is 4.79 Å². The summed E-state index contributed by atoms with van der Waals surface area (Å²) >= 11 is 5.80. The maximum Gasteiger partial charge on any atom is 0.344 e. The van der Waals surface area contributed by atoms with Gasteiger partial charge in [-0.15, -0.1) is 0 Å². The summed E-state index contributed by atoms with van der Waals surface area (Å²) in [6, 6.07) is 13.7. The molecule has 0 saturated carbocycles. The molecular weight excluding hydrogens is 386 g/mol. The minimum absolute atomic E-state index is 0.289. The fraction of sp³-hybridized carbons (Fsp3) is 0.300. The van der Waals surface area contributed by atoms with Crippen LogP contribution in [0.2, 0.25) is 5.02 Å². The first-order valence-electron chi connectivity index (χ1n) is 8.52. The number of methoxy groups -OCH3 is 1. The lowest BCUT2D eigenvalue weighted by Crippen LogP contribution is -2.34. The number of halogens is 1. The average molecular weight is 408 g/mol. The van der Waals surface area contributed by atoms with Gasteiger partial charge < -0.3 is 23.8 Å².